The SMILES string of the molecule is COC(=O)c1ncnc2cnccc12. The summed E-state index contributed by atoms with van der Waals surface area (Å²) in [5, 5.41) is 0.648. The molecule has 0 aliphatic heterocycles. The lowest BCUT2D eigenvalue weighted by atomic mass is 10.2. The van der Waals surface area contributed by atoms with Gasteiger partial charge < -0.3 is 4.74 Å². The van der Waals surface area contributed by atoms with Crippen LogP contribution in [0.3, 0.4) is 0 Å². The number of nitrogens with zero attached hydrogens (tertiary/aromatic N) is 3. The van der Waals surface area contributed by atoms with Crippen LogP contribution in [0.2, 0.25) is 0 Å². The van der Waals surface area contributed by atoms with Gasteiger partial charge in [-0.15, -0.1) is 0 Å². The van der Waals surface area contributed by atoms with E-state index in [4.69, 9.17) is 0 Å². The zero-order valence-corrected chi connectivity index (χ0v) is 7.47. The second kappa shape index (κ2) is 3.37. The van der Waals surface area contributed by atoms with Crippen molar-refractivity contribution in [2.24, 2.45) is 0 Å². The largest absolute Gasteiger partial charge is 0.464 e. The van der Waals surface area contributed by atoms with Crippen molar-refractivity contribution in [1.82, 2.24) is 15.0 Å². The van der Waals surface area contributed by atoms with Gasteiger partial charge in [0.15, 0.2) is 5.69 Å². The molecule has 70 valence electrons. The lowest BCUT2D eigenvalue weighted by Crippen LogP contribution is -2.05. The van der Waals surface area contributed by atoms with Crippen molar-refractivity contribution in [1.29, 1.82) is 0 Å². The van der Waals surface area contributed by atoms with Crippen LogP contribution in [0.5, 0.6) is 0 Å². The van der Waals surface area contributed by atoms with Crippen LogP contribution in [0.1, 0.15) is 10.5 Å². The highest BCUT2D eigenvalue weighted by Crippen LogP contribution is 2.12. The summed E-state index contributed by atoms with van der Waals surface area (Å²) < 4.78 is 4.59. The summed E-state index contributed by atoms with van der Waals surface area (Å²) in [6, 6.07) is 1.68. The molecule has 0 aliphatic carbocycles. The summed E-state index contributed by atoms with van der Waals surface area (Å²) in [7, 11) is 1.32. The molecule has 0 N–H and O–H groups in total. The highest BCUT2D eigenvalue weighted by atomic mass is 16.5. The Balaban J connectivity index is 2.71. The van der Waals surface area contributed by atoms with Gasteiger partial charge >= 0.3 is 5.97 Å². The molecule has 5 nitrogen and oxygen atoms in total. The van der Waals surface area contributed by atoms with E-state index in [1.54, 1.807) is 18.5 Å². The first kappa shape index (κ1) is 8.55. The summed E-state index contributed by atoms with van der Waals surface area (Å²) in [6.45, 7) is 0. The van der Waals surface area contributed by atoms with Crippen molar-refractivity contribution in [2.75, 3.05) is 7.11 Å². The van der Waals surface area contributed by atoms with Crippen molar-refractivity contribution < 1.29 is 9.53 Å². The fourth-order valence-corrected chi connectivity index (χ4v) is 1.17. The summed E-state index contributed by atoms with van der Waals surface area (Å²) in [6.07, 6.45) is 4.47. The highest BCUT2D eigenvalue weighted by molar-refractivity contribution is 6.00. The van der Waals surface area contributed by atoms with Crippen LogP contribution in [-0.4, -0.2) is 28.0 Å². The molecular weight excluding hydrogens is 182 g/mol. The molecule has 2 heterocycles. The molecule has 5 heteroatoms. The van der Waals surface area contributed by atoms with Crippen LogP contribution >= 0.6 is 0 Å². The van der Waals surface area contributed by atoms with Gasteiger partial charge in [0.1, 0.15) is 6.33 Å². The van der Waals surface area contributed by atoms with Gasteiger partial charge in [-0.3, -0.25) is 4.98 Å². The van der Waals surface area contributed by atoms with Crippen LogP contribution < -0.4 is 0 Å². The monoisotopic (exact) mass is 189 g/mol. The summed E-state index contributed by atoms with van der Waals surface area (Å²) in [4.78, 5) is 23.0. The number of esters is 1. The number of carbonyl (C=O) groups excluding carboxylic acids is 1. The normalized spacial score (nSPS) is 10.1. The van der Waals surface area contributed by atoms with E-state index in [9.17, 15) is 4.79 Å². The molecule has 2 aromatic heterocycles. The number of ether oxygens (including phenoxy) is 1. The number of rotatable bonds is 1. The van der Waals surface area contributed by atoms with E-state index in [0.717, 1.165) is 0 Å². The van der Waals surface area contributed by atoms with Crippen molar-refractivity contribution >= 4 is 16.9 Å². The third kappa shape index (κ3) is 1.28. The van der Waals surface area contributed by atoms with Gasteiger partial charge in [0.25, 0.3) is 0 Å². The molecule has 0 unspecified atom stereocenters. The fraction of sp³-hybridized carbons (Fsp3) is 0.111. The molecule has 2 rings (SSSR count). The Morgan fingerprint density at radius 3 is 3.07 bits per heavy atom. The van der Waals surface area contributed by atoms with Gasteiger partial charge in [-0.2, -0.15) is 0 Å². The molecule has 2 aromatic rings. The first-order chi connectivity index (χ1) is 6.83. The first-order valence-electron chi connectivity index (χ1n) is 3.96. The van der Waals surface area contributed by atoms with Gasteiger partial charge in [-0.1, -0.05) is 0 Å². The Morgan fingerprint density at radius 2 is 2.29 bits per heavy atom. The van der Waals surface area contributed by atoms with Crippen LogP contribution in [-0.2, 0) is 4.74 Å². The van der Waals surface area contributed by atoms with Gasteiger partial charge in [0, 0.05) is 11.6 Å². The highest BCUT2D eigenvalue weighted by Gasteiger charge is 2.11. The number of methoxy groups -OCH3 is 1. The molecule has 0 aromatic carbocycles. The summed E-state index contributed by atoms with van der Waals surface area (Å²) >= 11 is 0. The second-order valence-corrected chi connectivity index (χ2v) is 2.61. The van der Waals surface area contributed by atoms with Gasteiger partial charge in [-0.25, -0.2) is 14.8 Å². The Bertz CT molecular complexity index is 479. The fourth-order valence-electron chi connectivity index (χ4n) is 1.17. The second-order valence-electron chi connectivity index (χ2n) is 2.61. The Hall–Kier alpha value is -2.04. The van der Waals surface area contributed by atoms with E-state index >= 15 is 0 Å². The average molecular weight is 189 g/mol. The number of pyridine rings is 1. The van der Waals surface area contributed by atoms with Crippen LogP contribution in [0.15, 0.2) is 24.8 Å². The molecule has 0 spiro atoms. The van der Waals surface area contributed by atoms with E-state index in [1.165, 1.54) is 13.4 Å². The van der Waals surface area contributed by atoms with Crippen molar-refractivity contribution in [3.05, 3.63) is 30.5 Å². The number of carbonyl (C=O) groups is 1. The zero-order chi connectivity index (χ0) is 9.97. The van der Waals surface area contributed by atoms with Gasteiger partial charge in [-0.05, 0) is 6.07 Å². The van der Waals surface area contributed by atoms with Gasteiger partial charge in [0.05, 0.1) is 18.8 Å². The molecular formula is C9H7N3O2. The van der Waals surface area contributed by atoms with Crippen molar-refractivity contribution in [3.63, 3.8) is 0 Å². The lowest BCUT2D eigenvalue weighted by Gasteiger charge is -2.01. The smallest absolute Gasteiger partial charge is 0.357 e. The minimum atomic E-state index is -0.469. The third-order valence-electron chi connectivity index (χ3n) is 1.82. The van der Waals surface area contributed by atoms with E-state index in [2.05, 4.69) is 19.7 Å². The van der Waals surface area contributed by atoms with E-state index in [0.29, 0.717) is 10.9 Å². The van der Waals surface area contributed by atoms with E-state index < -0.39 is 5.97 Å². The van der Waals surface area contributed by atoms with Gasteiger partial charge in [0.2, 0.25) is 0 Å². The summed E-state index contributed by atoms with van der Waals surface area (Å²) in [5.41, 5.74) is 0.891. The number of hydrogen-bond donors (Lipinski definition) is 0. The minimum Gasteiger partial charge on any atom is -0.464 e. The lowest BCUT2D eigenvalue weighted by molar-refractivity contribution is 0.0596. The molecule has 0 atom stereocenters. The molecule has 0 bridgehead atoms. The van der Waals surface area contributed by atoms with E-state index in [-0.39, 0.29) is 5.69 Å². The molecule has 14 heavy (non-hydrogen) atoms. The molecule has 0 aliphatic rings. The van der Waals surface area contributed by atoms with E-state index in [1.807, 2.05) is 0 Å². The Kier molecular flexibility index (Phi) is 2.06. The number of hydrogen-bond acceptors (Lipinski definition) is 5. The molecule has 0 saturated heterocycles. The maximum absolute atomic E-state index is 11.3. The first-order valence-corrected chi connectivity index (χ1v) is 3.96. The standard InChI is InChI=1S/C9H7N3O2/c1-14-9(13)8-6-2-3-10-4-7(6)11-5-12-8/h2-5H,1H3. The maximum atomic E-state index is 11.3. The average Bonchev–Trinajstić information content (AvgIpc) is 2.27. The molecule has 0 fully saturated rings. The van der Waals surface area contributed by atoms with Crippen LogP contribution in [0, 0.1) is 0 Å². The predicted molar refractivity (Wildman–Crippen MR) is 48.7 cm³/mol. The van der Waals surface area contributed by atoms with Crippen LogP contribution in [0.25, 0.3) is 10.9 Å². The Morgan fingerprint density at radius 1 is 1.43 bits per heavy atom. The number of fused-ring (bicyclic) bond motifs is 1. The zero-order valence-electron chi connectivity index (χ0n) is 7.47. The minimum absolute atomic E-state index is 0.264. The van der Waals surface area contributed by atoms with Crippen molar-refractivity contribution in [3.8, 4) is 0 Å². The molecule has 0 saturated carbocycles. The molecule has 0 amide bonds. The predicted octanol–water partition coefficient (Wildman–Crippen LogP) is 0.811. The quantitative estimate of drug-likeness (QED) is 0.621. The summed E-state index contributed by atoms with van der Waals surface area (Å²) in [5.74, 6) is -0.469. The third-order valence-corrected chi connectivity index (χ3v) is 1.82. The molecule has 0 radical (unpaired) electrons. The topological polar surface area (TPSA) is 65.0 Å². The number of aromatic nitrogens is 3. The Labute approximate surface area is 79.8 Å². The van der Waals surface area contributed by atoms with Crippen LogP contribution in [0.4, 0.5) is 0 Å². The van der Waals surface area contributed by atoms with Crippen molar-refractivity contribution in [2.45, 2.75) is 0 Å². The maximum Gasteiger partial charge on any atom is 0.357 e.